The van der Waals surface area contributed by atoms with Crippen molar-refractivity contribution in [2.75, 3.05) is 12.4 Å². The summed E-state index contributed by atoms with van der Waals surface area (Å²) in [7, 11) is 1.42. The molecular formula is C23H21NO4. The number of amides is 1. The van der Waals surface area contributed by atoms with Gasteiger partial charge in [-0.3, -0.25) is 4.79 Å². The summed E-state index contributed by atoms with van der Waals surface area (Å²) in [6.45, 7) is 1.89. The molecule has 3 aromatic rings. The molecule has 0 saturated heterocycles. The van der Waals surface area contributed by atoms with Gasteiger partial charge in [0.1, 0.15) is 11.5 Å². The van der Waals surface area contributed by atoms with E-state index in [-0.39, 0.29) is 5.91 Å². The largest absolute Gasteiger partial charge is 0.462 e. The zero-order valence-corrected chi connectivity index (χ0v) is 15.7. The Bertz CT molecular complexity index is 1040. The van der Waals surface area contributed by atoms with E-state index in [2.05, 4.69) is 5.32 Å². The van der Waals surface area contributed by atoms with E-state index in [1.807, 2.05) is 61.5 Å². The molecule has 142 valence electrons. The number of nitrogens with one attached hydrogen (secondary N) is 1. The smallest absolute Gasteiger partial charge is 0.257 e. The third-order valence-electron chi connectivity index (χ3n) is 4.98. The third kappa shape index (κ3) is 3.05. The van der Waals surface area contributed by atoms with E-state index in [1.165, 1.54) is 7.11 Å². The lowest BCUT2D eigenvalue weighted by molar-refractivity contribution is -0.142. The van der Waals surface area contributed by atoms with E-state index in [0.717, 1.165) is 17.1 Å². The SMILES string of the molecule is COC1C(=O)Nc2ccc(/C=C/c3ccc(C)o3)cc2C1(O)c1ccccc1. The fourth-order valence-electron chi connectivity index (χ4n) is 3.62. The molecule has 5 heteroatoms. The monoisotopic (exact) mass is 375 g/mol. The standard InChI is InChI=1S/C23H21NO4/c1-15-8-11-18(28-15)12-9-16-10-13-20-19(14-16)23(26,17-6-4-3-5-7-17)21(27-2)22(25)24-20/h3-14,21,26H,1-2H3,(H,24,25)/b12-9+. The average molecular weight is 375 g/mol. The van der Waals surface area contributed by atoms with E-state index in [1.54, 1.807) is 18.2 Å². The van der Waals surface area contributed by atoms with Crippen LogP contribution in [0.25, 0.3) is 12.2 Å². The van der Waals surface area contributed by atoms with Crippen LogP contribution in [-0.2, 0) is 15.1 Å². The molecule has 0 spiro atoms. The van der Waals surface area contributed by atoms with Crippen molar-refractivity contribution in [3.8, 4) is 0 Å². The van der Waals surface area contributed by atoms with Crippen LogP contribution in [0.2, 0.25) is 0 Å². The molecule has 0 saturated carbocycles. The first-order valence-electron chi connectivity index (χ1n) is 9.03. The zero-order chi connectivity index (χ0) is 19.7. The summed E-state index contributed by atoms with van der Waals surface area (Å²) >= 11 is 0. The number of hydrogen-bond acceptors (Lipinski definition) is 4. The predicted octanol–water partition coefficient (Wildman–Crippen LogP) is 3.96. The van der Waals surface area contributed by atoms with Gasteiger partial charge in [-0.05, 0) is 48.4 Å². The van der Waals surface area contributed by atoms with Crippen molar-refractivity contribution in [2.24, 2.45) is 0 Å². The molecule has 2 heterocycles. The maximum atomic E-state index is 12.6. The van der Waals surface area contributed by atoms with Gasteiger partial charge in [-0.1, -0.05) is 42.5 Å². The molecular weight excluding hydrogens is 354 g/mol. The number of rotatable bonds is 4. The summed E-state index contributed by atoms with van der Waals surface area (Å²) in [5.41, 5.74) is 1.02. The number of ether oxygens (including phenoxy) is 1. The summed E-state index contributed by atoms with van der Waals surface area (Å²) in [6.07, 6.45) is 2.71. The van der Waals surface area contributed by atoms with Crippen LogP contribution in [0.4, 0.5) is 5.69 Å². The van der Waals surface area contributed by atoms with Crippen molar-refractivity contribution >= 4 is 23.7 Å². The van der Waals surface area contributed by atoms with Gasteiger partial charge in [0.05, 0.1) is 0 Å². The van der Waals surface area contributed by atoms with Crippen LogP contribution in [0.1, 0.15) is 28.2 Å². The summed E-state index contributed by atoms with van der Waals surface area (Å²) in [5.74, 6) is 1.21. The Balaban J connectivity index is 1.82. The molecule has 0 radical (unpaired) electrons. The fraction of sp³-hybridized carbons (Fsp3) is 0.174. The Morgan fingerprint density at radius 3 is 2.57 bits per heavy atom. The summed E-state index contributed by atoms with van der Waals surface area (Å²) < 4.78 is 11.0. The molecule has 2 N–H and O–H groups in total. The molecule has 1 aromatic heterocycles. The molecule has 1 aliphatic heterocycles. The van der Waals surface area contributed by atoms with Gasteiger partial charge in [0, 0.05) is 18.4 Å². The number of anilines is 1. The minimum absolute atomic E-state index is 0.379. The first kappa shape index (κ1) is 18.2. The molecule has 1 amide bonds. The molecule has 4 rings (SSSR count). The van der Waals surface area contributed by atoms with Crippen molar-refractivity contribution in [2.45, 2.75) is 18.6 Å². The second-order valence-electron chi connectivity index (χ2n) is 6.82. The molecule has 1 aliphatic rings. The van der Waals surface area contributed by atoms with Crippen LogP contribution in [0.5, 0.6) is 0 Å². The van der Waals surface area contributed by atoms with Crippen molar-refractivity contribution in [1.82, 2.24) is 0 Å². The van der Waals surface area contributed by atoms with E-state index < -0.39 is 11.7 Å². The fourth-order valence-corrected chi connectivity index (χ4v) is 3.62. The quantitative estimate of drug-likeness (QED) is 0.724. The van der Waals surface area contributed by atoms with Gasteiger partial charge in [-0.25, -0.2) is 0 Å². The number of benzene rings is 2. The van der Waals surface area contributed by atoms with Crippen molar-refractivity contribution in [3.05, 3.63) is 88.9 Å². The maximum absolute atomic E-state index is 12.6. The highest BCUT2D eigenvalue weighted by Gasteiger charge is 2.49. The number of aryl methyl sites for hydroxylation is 1. The summed E-state index contributed by atoms with van der Waals surface area (Å²) in [6, 6.07) is 18.4. The number of methoxy groups -OCH3 is 1. The second-order valence-corrected chi connectivity index (χ2v) is 6.82. The first-order chi connectivity index (χ1) is 13.5. The second kappa shape index (κ2) is 7.11. The van der Waals surface area contributed by atoms with Gasteiger partial charge in [-0.15, -0.1) is 0 Å². The molecule has 5 nitrogen and oxygen atoms in total. The van der Waals surface area contributed by atoms with E-state index in [0.29, 0.717) is 16.8 Å². The van der Waals surface area contributed by atoms with Crippen LogP contribution in [-0.4, -0.2) is 24.2 Å². The van der Waals surface area contributed by atoms with Gasteiger partial charge in [0.2, 0.25) is 0 Å². The van der Waals surface area contributed by atoms with Gasteiger partial charge >= 0.3 is 0 Å². The Labute approximate surface area is 163 Å². The summed E-state index contributed by atoms with van der Waals surface area (Å²) in [4.78, 5) is 12.6. The van der Waals surface area contributed by atoms with E-state index >= 15 is 0 Å². The Hall–Kier alpha value is -3.15. The molecule has 0 fully saturated rings. The zero-order valence-electron chi connectivity index (χ0n) is 15.7. The highest BCUT2D eigenvalue weighted by Crippen LogP contribution is 2.42. The number of carbonyl (C=O) groups is 1. The minimum Gasteiger partial charge on any atom is -0.462 e. The molecule has 0 aliphatic carbocycles. The third-order valence-corrected chi connectivity index (χ3v) is 4.98. The van der Waals surface area contributed by atoms with E-state index in [9.17, 15) is 9.90 Å². The lowest BCUT2D eigenvalue weighted by Crippen LogP contribution is -2.52. The van der Waals surface area contributed by atoms with Crippen molar-refractivity contribution in [1.29, 1.82) is 0 Å². The van der Waals surface area contributed by atoms with Gasteiger partial charge in [-0.2, -0.15) is 0 Å². The molecule has 0 bridgehead atoms. The Morgan fingerprint density at radius 1 is 1.11 bits per heavy atom. The highest BCUT2D eigenvalue weighted by atomic mass is 16.5. The minimum atomic E-state index is -1.60. The predicted molar refractivity (Wildman–Crippen MR) is 108 cm³/mol. The Morgan fingerprint density at radius 2 is 1.89 bits per heavy atom. The maximum Gasteiger partial charge on any atom is 0.257 e. The highest BCUT2D eigenvalue weighted by molar-refractivity contribution is 6.00. The number of aliphatic hydroxyl groups is 1. The normalized spacial score (nSPS) is 21.5. The lowest BCUT2D eigenvalue weighted by Gasteiger charge is -2.40. The van der Waals surface area contributed by atoms with Gasteiger partial charge in [0.25, 0.3) is 5.91 Å². The van der Waals surface area contributed by atoms with Gasteiger partial charge < -0.3 is 19.6 Å². The van der Waals surface area contributed by atoms with Crippen LogP contribution < -0.4 is 5.32 Å². The van der Waals surface area contributed by atoms with Crippen LogP contribution in [0.15, 0.2) is 65.1 Å². The van der Waals surface area contributed by atoms with Crippen LogP contribution >= 0.6 is 0 Å². The van der Waals surface area contributed by atoms with Crippen molar-refractivity contribution in [3.63, 3.8) is 0 Å². The van der Waals surface area contributed by atoms with E-state index in [4.69, 9.17) is 9.15 Å². The van der Waals surface area contributed by atoms with Crippen LogP contribution in [0, 0.1) is 6.92 Å². The first-order valence-corrected chi connectivity index (χ1v) is 9.03. The molecule has 2 unspecified atom stereocenters. The molecule has 2 aromatic carbocycles. The molecule has 28 heavy (non-hydrogen) atoms. The number of furan rings is 1. The van der Waals surface area contributed by atoms with Crippen molar-refractivity contribution < 1.29 is 19.1 Å². The molecule has 2 atom stereocenters. The van der Waals surface area contributed by atoms with Crippen LogP contribution in [0.3, 0.4) is 0 Å². The number of hydrogen-bond donors (Lipinski definition) is 2. The topological polar surface area (TPSA) is 71.7 Å². The van der Waals surface area contributed by atoms with Gasteiger partial charge in [0.15, 0.2) is 11.7 Å². The number of fused-ring (bicyclic) bond motifs is 1. The summed E-state index contributed by atoms with van der Waals surface area (Å²) in [5, 5.41) is 14.5. The number of carbonyl (C=O) groups excluding carboxylic acids is 1. The Kier molecular flexibility index (Phi) is 4.63. The average Bonchev–Trinajstić information content (AvgIpc) is 3.13. The lowest BCUT2D eigenvalue weighted by atomic mass is 9.77.